The second kappa shape index (κ2) is 6.18. The highest BCUT2D eigenvalue weighted by molar-refractivity contribution is 5.91. The van der Waals surface area contributed by atoms with E-state index in [1.807, 2.05) is 0 Å². The van der Waals surface area contributed by atoms with Crippen LogP contribution >= 0.6 is 0 Å². The second-order valence-corrected chi connectivity index (χ2v) is 7.98. The molecule has 1 saturated heterocycles. The van der Waals surface area contributed by atoms with E-state index in [9.17, 15) is 4.79 Å². The molecule has 124 valence electrons. The summed E-state index contributed by atoms with van der Waals surface area (Å²) in [7, 11) is 0. The lowest BCUT2D eigenvalue weighted by Crippen LogP contribution is -2.20. The monoisotopic (exact) mass is 312 g/mol. The van der Waals surface area contributed by atoms with Crippen LogP contribution in [0.4, 0.5) is 11.4 Å². The average molecular weight is 312 g/mol. The van der Waals surface area contributed by atoms with E-state index in [-0.39, 0.29) is 5.91 Å². The molecule has 3 fully saturated rings. The highest BCUT2D eigenvalue weighted by atomic mass is 16.1. The first-order valence-electron chi connectivity index (χ1n) is 9.34. The molecule has 1 heterocycles. The second-order valence-electron chi connectivity index (χ2n) is 7.98. The van der Waals surface area contributed by atoms with Gasteiger partial charge in [-0.2, -0.15) is 0 Å². The van der Waals surface area contributed by atoms with Gasteiger partial charge in [-0.05, 0) is 80.0 Å². The first kappa shape index (κ1) is 15.0. The fourth-order valence-electron chi connectivity index (χ4n) is 4.12. The summed E-state index contributed by atoms with van der Waals surface area (Å²) in [5.74, 6) is 3.33. The van der Waals surface area contributed by atoms with Crippen LogP contribution in [0.1, 0.15) is 45.4 Å². The van der Waals surface area contributed by atoms with Gasteiger partial charge in [-0.3, -0.25) is 4.79 Å². The van der Waals surface area contributed by atoms with Gasteiger partial charge in [0.2, 0.25) is 5.91 Å². The SMILES string of the molecule is CC1CCN(c2ccc(NC(=O)CC(C3CC3)C3CC3)cc2)C1. The Morgan fingerprint density at radius 1 is 1.13 bits per heavy atom. The minimum atomic E-state index is 0.205. The van der Waals surface area contributed by atoms with Gasteiger partial charge in [0.15, 0.2) is 0 Å². The lowest BCUT2D eigenvalue weighted by molar-refractivity contribution is -0.117. The van der Waals surface area contributed by atoms with Crippen molar-refractivity contribution in [3.8, 4) is 0 Å². The van der Waals surface area contributed by atoms with Gasteiger partial charge in [-0.15, -0.1) is 0 Å². The molecule has 1 aliphatic heterocycles. The number of carbonyl (C=O) groups is 1. The quantitative estimate of drug-likeness (QED) is 0.849. The van der Waals surface area contributed by atoms with Crippen molar-refractivity contribution in [2.75, 3.05) is 23.3 Å². The van der Waals surface area contributed by atoms with Crippen molar-refractivity contribution in [1.82, 2.24) is 0 Å². The minimum absolute atomic E-state index is 0.205. The maximum atomic E-state index is 12.3. The Labute approximate surface area is 139 Å². The summed E-state index contributed by atoms with van der Waals surface area (Å²) in [4.78, 5) is 14.8. The van der Waals surface area contributed by atoms with E-state index < -0.39 is 0 Å². The molecule has 1 aromatic carbocycles. The lowest BCUT2D eigenvalue weighted by Gasteiger charge is -2.19. The Morgan fingerprint density at radius 3 is 2.30 bits per heavy atom. The number of hydrogen-bond acceptors (Lipinski definition) is 2. The smallest absolute Gasteiger partial charge is 0.224 e. The molecule has 2 aliphatic carbocycles. The summed E-state index contributed by atoms with van der Waals surface area (Å²) in [6.07, 6.45) is 7.38. The topological polar surface area (TPSA) is 32.3 Å². The zero-order chi connectivity index (χ0) is 15.8. The molecule has 0 radical (unpaired) electrons. The largest absolute Gasteiger partial charge is 0.371 e. The molecule has 0 bridgehead atoms. The van der Waals surface area contributed by atoms with E-state index in [0.29, 0.717) is 5.92 Å². The van der Waals surface area contributed by atoms with E-state index in [2.05, 4.69) is 41.4 Å². The van der Waals surface area contributed by atoms with Crippen molar-refractivity contribution in [3.05, 3.63) is 24.3 Å². The van der Waals surface area contributed by atoms with Crippen LogP contribution in [-0.2, 0) is 4.79 Å². The first-order valence-corrected chi connectivity index (χ1v) is 9.34. The minimum Gasteiger partial charge on any atom is -0.371 e. The van der Waals surface area contributed by atoms with Crippen molar-refractivity contribution < 1.29 is 4.79 Å². The number of rotatable bonds is 6. The molecule has 0 spiro atoms. The van der Waals surface area contributed by atoms with E-state index in [4.69, 9.17) is 0 Å². The molecular weight excluding hydrogens is 284 g/mol. The fourth-order valence-corrected chi connectivity index (χ4v) is 4.12. The van der Waals surface area contributed by atoms with Crippen molar-refractivity contribution in [3.63, 3.8) is 0 Å². The average Bonchev–Trinajstić information content (AvgIpc) is 3.45. The Bertz CT molecular complexity index is 548. The molecule has 3 heteroatoms. The molecule has 1 amide bonds. The van der Waals surface area contributed by atoms with Gasteiger partial charge in [-0.25, -0.2) is 0 Å². The third-order valence-corrected chi connectivity index (χ3v) is 5.82. The summed E-state index contributed by atoms with van der Waals surface area (Å²) in [6, 6.07) is 8.40. The Kier molecular flexibility index (Phi) is 4.04. The van der Waals surface area contributed by atoms with Gasteiger partial charge < -0.3 is 10.2 Å². The van der Waals surface area contributed by atoms with Crippen molar-refractivity contribution >= 4 is 17.3 Å². The van der Waals surface area contributed by atoms with Gasteiger partial charge in [0.05, 0.1) is 0 Å². The highest BCUT2D eigenvalue weighted by Crippen LogP contribution is 2.50. The number of amides is 1. The lowest BCUT2D eigenvalue weighted by atomic mass is 9.94. The number of carbonyl (C=O) groups excluding carboxylic acids is 1. The standard InChI is InChI=1S/C20H28N2O/c1-14-10-11-22(13-14)18-8-6-17(7-9-18)21-20(23)12-19(15-2-3-15)16-4-5-16/h6-9,14-16,19H,2-5,10-13H2,1H3,(H,21,23). The third kappa shape index (κ3) is 3.70. The van der Waals surface area contributed by atoms with Crippen LogP contribution in [0.3, 0.4) is 0 Å². The van der Waals surface area contributed by atoms with Crippen LogP contribution in [0.25, 0.3) is 0 Å². The van der Waals surface area contributed by atoms with E-state index in [1.54, 1.807) is 0 Å². The first-order chi connectivity index (χ1) is 11.2. The Balaban J connectivity index is 1.32. The summed E-state index contributed by atoms with van der Waals surface area (Å²) < 4.78 is 0. The van der Waals surface area contributed by atoms with Crippen LogP contribution in [0, 0.1) is 23.7 Å². The molecule has 2 saturated carbocycles. The van der Waals surface area contributed by atoms with Crippen molar-refractivity contribution in [2.24, 2.45) is 23.7 Å². The summed E-state index contributed by atoms with van der Waals surface area (Å²) in [6.45, 7) is 4.61. The molecule has 1 atom stereocenters. The predicted octanol–water partition coefficient (Wildman–Crippen LogP) is 4.30. The molecular formula is C20H28N2O. The fraction of sp³-hybridized carbons (Fsp3) is 0.650. The van der Waals surface area contributed by atoms with Gasteiger partial charge in [0.25, 0.3) is 0 Å². The molecule has 3 aliphatic rings. The Morgan fingerprint density at radius 2 is 1.78 bits per heavy atom. The van der Waals surface area contributed by atoms with Gasteiger partial charge in [0.1, 0.15) is 0 Å². The van der Waals surface area contributed by atoms with Gasteiger partial charge in [0, 0.05) is 30.9 Å². The molecule has 3 nitrogen and oxygen atoms in total. The van der Waals surface area contributed by atoms with Crippen LogP contribution < -0.4 is 10.2 Å². The maximum Gasteiger partial charge on any atom is 0.224 e. The number of benzene rings is 1. The van der Waals surface area contributed by atoms with Crippen LogP contribution in [-0.4, -0.2) is 19.0 Å². The third-order valence-electron chi connectivity index (χ3n) is 5.82. The zero-order valence-corrected chi connectivity index (χ0v) is 14.1. The summed E-state index contributed by atoms with van der Waals surface area (Å²) >= 11 is 0. The van der Waals surface area contributed by atoms with Gasteiger partial charge >= 0.3 is 0 Å². The maximum absolute atomic E-state index is 12.3. The summed E-state index contributed by atoms with van der Waals surface area (Å²) in [5.41, 5.74) is 2.22. The molecule has 1 N–H and O–H groups in total. The zero-order valence-electron chi connectivity index (χ0n) is 14.1. The van der Waals surface area contributed by atoms with Crippen molar-refractivity contribution in [2.45, 2.75) is 45.4 Å². The number of hydrogen-bond donors (Lipinski definition) is 1. The molecule has 0 aromatic heterocycles. The molecule has 23 heavy (non-hydrogen) atoms. The molecule has 1 unspecified atom stereocenters. The molecule has 1 aromatic rings. The van der Waals surface area contributed by atoms with E-state index in [1.165, 1.54) is 37.8 Å². The van der Waals surface area contributed by atoms with Crippen molar-refractivity contribution in [1.29, 1.82) is 0 Å². The van der Waals surface area contributed by atoms with Gasteiger partial charge in [-0.1, -0.05) is 6.92 Å². The van der Waals surface area contributed by atoms with Crippen LogP contribution in [0.5, 0.6) is 0 Å². The van der Waals surface area contributed by atoms with Crippen LogP contribution in [0.15, 0.2) is 24.3 Å². The Hall–Kier alpha value is -1.51. The number of anilines is 2. The summed E-state index contributed by atoms with van der Waals surface area (Å²) in [5, 5.41) is 3.11. The van der Waals surface area contributed by atoms with Crippen LogP contribution in [0.2, 0.25) is 0 Å². The normalized spacial score (nSPS) is 24.3. The van der Waals surface area contributed by atoms with E-state index >= 15 is 0 Å². The number of nitrogens with zero attached hydrogens (tertiary/aromatic N) is 1. The number of nitrogens with one attached hydrogen (secondary N) is 1. The highest BCUT2D eigenvalue weighted by Gasteiger charge is 2.42. The van der Waals surface area contributed by atoms with E-state index in [0.717, 1.165) is 43.0 Å². The molecule has 4 rings (SSSR count). The predicted molar refractivity (Wildman–Crippen MR) is 94.6 cm³/mol.